The fourth-order valence-corrected chi connectivity index (χ4v) is 2.33. The van der Waals surface area contributed by atoms with E-state index in [2.05, 4.69) is 28.2 Å². The molecule has 2 rings (SSSR count). The first kappa shape index (κ1) is 12.5. The van der Waals surface area contributed by atoms with Crippen molar-refractivity contribution in [3.8, 4) is 0 Å². The first-order valence-corrected chi connectivity index (χ1v) is 6.23. The molecule has 1 aliphatic heterocycles. The molecule has 1 aliphatic rings. The SMILES string of the molecule is CC1CNC(CO)CN(Cc2cccnc2)C1. The Bertz CT molecular complexity index is 331. The van der Waals surface area contributed by atoms with Gasteiger partial charge < -0.3 is 10.4 Å². The Kier molecular flexibility index (Phi) is 4.48. The van der Waals surface area contributed by atoms with Crippen LogP contribution in [0.15, 0.2) is 24.5 Å². The van der Waals surface area contributed by atoms with Crippen LogP contribution in [-0.4, -0.2) is 47.3 Å². The van der Waals surface area contributed by atoms with E-state index in [1.165, 1.54) is 5.56 Å². The van der Waals surface area contributed by atoms with Gasteiger partial charge in [-0.1, -0.05) is 13.0 Å². The third-order valence-electron chi connectivity index (χ3n) is 3.15. The number of nitrogens with one attached hydrogen (secondary N) is 1. The number of hydrogen-bond acceptors (Lipinski definition) is 4. The summed E-state index contributed by atoms with van der Waals surface area (Å²) in [5.74, 6) is 0.614. The van der Waals surface area contributed by atoms with E-state index >= 15 is 0 Å². The molecule has 0 spiro atoms. The molecule has 2 N–H and O–H groups in total. The van der Waals surface area contributed by atoms with Crippen LogP contribution in [0.3, 0.4) is 0 Å². The van der Waals surface area contributed by atoms with Crippen LogP contribution in [0.4, 0.5) is 0 Å². The Balaban J connectivity index is 1.98. The van der Waals surface area contributed by atoms with Gasteiger partial charge in [-0.25, -0.2) is 0 Å². The molecule has 94 valence electrons. The third-order valence-corrected chi connectivity index (χ3v) is 3.15. The van der Waals surface area contributed by atoms with Crippen molar-refractivity contribution in [2.75, 3.05) is 26.2 Å². The normalized spacial score (nSPS) is 26.7. The summed E-state index contributed by atoms with van der Waals surface area (Å²) in [4.78, 5) is 6.53. The fourth-order valence-electron chi connectivity index (χ4n) is 2.33. The van der Waals surface area contributed by atoms with Crippen molar-refractivity contribution in [3.05, 3.63) is 30.1 Å². The first-order valence-electron chi connectivity index (χ1n) is 6.23. The van der Waals surface area contributed by atoms with Crippen molar-refractivity contribution in [1.29, 1.82) is 0 Å². The highest BCUT2D eigenvalue weighted by Crippen LogP contribution is 2.10. The summed E-state index contributed by atoms with van der Waals surface area (Å²) in [7, 11) is 0. The molecule has 0 saturated carbocycles. The number of nitrogens with zero attached hydrogens (tertiary/aromatic N) is 2. The Morgan fingerprint density at radius 3 is 3.12 bits per heavy atom. The summed E-state index contributed by atoms with van der Waals surface area (Å²) < 4.78 is 0. The highest BCUT2D eigenvalue weighted by atomic mass is 16.3. The second kappa shape index (κ2) is 6.10. The van der Waals surface area contributed by atoms with Crippen molar-refractivity contribution in [2.24, 2.45) is 5.92 Å². The van der Waals surface area contributed by atoms with Crippen molar-refractivity contribution in [2.45, 2.75) is 19.5 Å². The van der Waals surface area contributed by atoms with Gasteiger partial charge in [0.05, 0.1) is 6.61 Å². The Morgan fingerprint density at radius 2 is 2.41 bits per heavy atom. The highest BCUT2D eigenvalue weighted by Gasteiger charge is 2.20. The molecule has 2 heterocycles. The molecule has 1 saturated heterocycles. The van der Waals surface area contributed by atoms with Crippen LogP contribution in [0.2, 0.25) is 0 Å². The Morgan fingerprint density at radius 1 is 1.53 bits per heavy atom. The molecule has 2 atom stereocenters. The molecule has 0 bridgehead atoms. The van der Waals surface area contributed by atoms with Gasteiger partial charge in [0.2, 0.25) is 0 Å². The van der Waals surface area contributed by atoms with Crippen molar-refractivity contribution < 1.29 is 5.11 Å². The highest BCUT2D eigenvalue weighted by molar-refractivity contribution is 5.08. The van der Waals surface area contributed by atoms with Gasteiger partial charge in [-0.2, -0.15) is 0 Å². The summed E-state index contributed by atoms with van der Waals surface area (Å²) in [6.45, 7) is 6.30. The van der Waals surface area contributed by atoms with Crippen LogP contribution in [0, 0.1) is 5.92 Å². The molecule has 2 unspecified atom stereocenters. The number of aliphatic hydroxyl groups excluding tert-OH is 1. The lowest BCUT2D eigenvalue weighted by atomic mass is 10.1. The zero-order valence-corrected chi connectivity index (χ0v) is 10.3. The average molecular weight is 235 g/mol. The number of hydrogen-bond donors (Lipinski definition) is 2. The van der Waals surface area contributed by atoms with Crippen LogP contribution >= 0.6 is 0 Å². The minimum atomic E-state index is 0.191. The van der Waals surface area contributed by atoms with E-state index in [0.29, 0.717) is 5.92 Å². The van der Waals surface area contributed by atoms with Gasteiger partial charge in [0.25, 0.3) is 0 Å². The maximum Gasteiger partial charge on any atom is 0.0597 e. The lowest BCUT2D eigenvalue weighted by Gasteiger charge is -2.24. The Labute approximate surface area is 103 Å². The molecule has 1 aromatic rings. The molecule has 0 aromatic carbocycles. The maximum atomic E-state index is 9.28. The summed E-state index contributed by atoms with van der Waals surface area (Å²) >= 11 is 0. The topological polar surface area (TPSA) is 48.4 Å². The summed E-state index contributed by atoms with van der Waals surface area (Å²) in [5, 5.41) is 12.7. The zero-order valence-electron chi connectivity index (χ0n) is 10.3. The van der Waals surface area contributed by atoms with E-state index in [1.807, 2.05) is 12.3 Å². The molecular formula is C13H21N3O. The van der Waals surface area contributed by atoms with Gasteiger partial charge in [-0.05, 0) is 24.1 Å². The minimum absolute atomic E-state index is 0.191. The van der Waals surface area contributed by atoms with Crippen LogP contribution in [0.1, 0.15) is 12.5 Å². The lowest BCUT2D eigenvalue weighted by molar-refractivity contribution is 0.192. The molecule has 0 radical (unpaired) electrons. The maximum absolute atomic E-state index is 9.28. The summed E-state index contributed by atoms with van der Waals surface area (Å²) in [6, 6.07) is 4.26. The van der Waals surface area contributed by atoms with Gasteiger partial charge in [-0.3, -0.25) is 9.88 Å². The van der Waals surface area contributed by atoms with Crippen LogP contribution in [0.5, 0.6) is 0 Å². The molecule has 17 heavy (non-hydrogen) atoms. The van der Waals surface area contributed by atoms with Crippen molar-refractivity contribution >= 4 is 0 Å². The van der Waals surface area contributed by atoms with Crippen molar-refractivity contribution in [1.82, 2.24) is 15.2 Å². The molecule has 0 amide bonds. The van der Waals surface area contributed by atoms with Gasteiger partial charge in [-0.15, -0.1) is 0 Å². The van der Waals surface area contributed by atoms with Crippen LogP contribution < -0.4 is 5.32 Å². The largest absolute Gasteiger partial charge is 0.395 e. The smallest absolute Gasteiger partial charge is 0.0597 e. The summed E-state index contributed by atoms with van der Waals surface area (Å²) in [5.41, 5.74) is 1.23. The van der Waals surface area contributed by atoms with E-state index in [0.717, 1.165) is 26.2 Å². The molecular weight excluding hydrogens is 214 g/mol. The third kappa shape index (κ3) is 3.77. The molecule has 4 heteroatoms. The van der Waals surface area contributed by atoms with Crippen molar-refractivity contribution in [3.63, 3.8) is 0 Å². The zero-order chi connectivity index (χ0) is 12.1. The molecule has 0 aliphatic carbocycles. The fraction of sp³-hybridized carbons (Fsp3) is 0.615. The average Bonchev–Trinajstić information content (AvgIpc) is 2.52. The number of rotatable bonds is 3. The van der Waals surface area contributed by atoms with Gasteiger partial charge in [0.15, 0.2) is 0 Å². The number of pyridine rings is 1. The van der Waals surface area contributed by atoms with E-state index < -0.39 is 0 Å². The second-order valence-corrected chi connectivity index (χ2v) is 4.95. The molecule has 1 aromatic heterocycles. The predicted molar refractivity (Wildman–Crippen MR) is 67.6 cm³/mol. The van der Waals surface area contributed by atoms with Gasteiger partial charge >= 0.3 is 0 Å². The van der Waals surface area contributed by atoms with Crippen LogP contribution in [0.25, 0.3) is 0 Å². The summed E-state index contributed by atoms with van der Waals surface area (Å²) in [6.07, 6.45) is 3.71. The van der Waals surface area contributed by atoms with Gasteiger partial charge in [0, 0.05) is 38.1 Å². The van der Waals surface area contributed by atoms with E-state index in [4.69, 9.17) is 0 Å². The number of aromatic nitrogens is 1. The monoisotopic (exact) mass is 235 g/mol. The predicted octanol–water partition coefficient (Wildman–Crippen LogP) is 0.484. The lowest BCUT2D eigenvalue weighted by Crippen LogP contribution is -2.39. The van der Waals surface area contributed by atoms with Gasteiger partial charge in [0.1, 0.15) is 0 Å². The van der Waals surface area contributed by atoms with E-state index in [1.54, 1.807) is 6.20 Å². The first-order chi connectivity index (χ1) is 8.28. The standard InChI is InChI=1S/C13H21N3O/c1-11-5-15-13(10-17)9-16(7-11)8-12-3-2-4-14-6-12/h2-4,6,11,13,15,17H,5,7-10H2,1H3. The van der Waals surface area contributed by atoms with E-state index in [-0.39, 0.29) is 12.6 Å². The molecule has 4 nitrogen and oxygen atoms in total. The Hall–Kier alpha value is -0.970. The molecule has 1 fully saturated rings. The second-order valence-electron chi connectivity index (χ2n) is 4.95. The minimum Gasteiger partial charge on any atom is -0.395 e. The number of aliphatic hydroxyl groups is 1. The quantitative estimate of drug-likeness (QED) is 0.800. The van der Waals surface area contributed by atoms with E-state index in [9.17, 15) is 5.11 Å². The van der Waals surface area contributed by atoms with Crippen LogP contribution in [-0.2, 0) is 6.54 Å².